The molecule has 0 spiro atoms. The first-order valence-electron chi connectivity index (χ1n) is 22.5. The first-order valence-corrected chi connectivity index (χ1v) is 22.5. The number of nitrogens with zero attached hydrogens (tertiary/aromatic N) is 1. The molecule has 1 aromatic carbocycles. The SMILES string of the molecule is CC(=O)NCCCC[C@H](NC(=O)[C@H](CCCCN)NC(=O)[C@@H]1CCCN1C(=O)[C@H](CC(C)C)NC(=O)[C@H](C)NC(=O)[C@H](CCC(=O)O)NC(C)=O)C(=O)Nc1ccc2c(C)cc(=O)oc2c1. The predicted molar refractivity (Wildman–Crippen MR) is 243 cm³/mol. The molecule has 0 bridgehead atoms. The van der Waals surface area contributed by atoms with Crippen LogP contribution < -0.4 is 48.6 Å². The van der Waals surface area contributed by atoms with Gasteiger partial charge in [0.05, 0.1) is 0 Å². The zero-order chi connectivity index (χ0) is 49.1. The van der Waals surface area contributed by atoms with E-state index in [2.05, 4.69) is 37.2 Å². The molecule has 1 fully saturated rings. The van der Waals surface area contributed by atoms with Gasteiger partial charge < -0.3 is 57.4 Å². The van der Waals surface area contributed by atoms with Gasteiger partial charge in [0.25, 0.3) is 0 Å². The lowest BCUT2D eigenvalue weighted by Crippen LogP contribution is -2.59. The van der Waals surface area contributed by atoms with Gasteiger partial charge in [0, 0.05) is 56.6 Å². The van der Waals surface area contributed by atoms with Gasteiger partial charge in [-0.15, -0.1) is 0 Å². The highest BCUT2D eigenvalue weighted by atomic mass is 16.4. The van der Waals surface area contributed by atoms with Gasteiger partial charge in [-0.25, -0.2) is 4.79 Å². The Labute approximate surface area is 383 Å². The Morgan fingerprint density at radius 3 is 2.05 bits per heavy atom. The maximum Gasteiger partial charge on any atom is 0.336 e. The van der Waals surface area contributed by atoms with Crippen LogP contribution in [0.3, 0.4) is 0 Å². The van der Waals surface area contributed by atoms with Crippen LogP contribution in [0.15, 0.2) is 33.5 Å². The summed E-state index contributed by atoms with van der Waals surface area (Å²) in [5.41, 5.74) is 6.47. The first-order chi connectivity index (χ1) is 31.2. The second-order valence-electron chi connectivity index (χ2n) is 17.1. The molecule has 2 aromatic rings. The summed E-state index contributed by atoms with van der Waals surface area (Å²) < 4.78 is 5.34. The maximum absolute atomic E-state index is 14.2. The third-order valence-electron chi connectivity index (χ3n) is 11.0. The van der Waals surface area contributed by atoms with Crippen molar-refractivity contribution in [3.8, 4) is 0 Å². The number of carboxylic acid groups (broad SMARTS) is 1. The minimum absolute atomic E-state index is 0.100. The molecule has 21 heteroatoms. The number of carbonyl (C=O) groups is 9. The molecule has 1 saturated heterocycles. The van der Waals surface area contributed by atoms with E-state index in [4.69, 9.17) is 15.3 Å². The number of hydrogen-bond donors (Lipinski definition) is 9. The molecule has 8 amide bonds. The molecule has 1 aliphatic rings. The molecule has 0 radical (unpaired) electrons. The van der Waals surface area contributed by atoms with E-state index >= 15 is 0 Å². The molecule has 3 rings (SSSR count). The van der Waals surface area contributed by atoms with Crippen LogP contribution in [0.4, 0.5) is 5.69 Å². The van der Waals surface area contributed by atoms with Crippen LogP contribution in [0, 0.1) is 12.8 Å². The van der Waals surface area contributed by atoms with E-state index in [1.165, 1.54) is 37.8 Å². The quantitative estimate of drug-likeness (QED) is 0.0467. The van der Waals surface area contributed by atoms with Gasteiger partial charge in [-0.1, -0.05) is 13.8 Å². The molecule has 0 saturated carbocycles. The number of hydrogen-bond acceptors (Lipinski definition) is 12. The van der Waals surface area contributed by atoms with Gasteiger partial charge >= 0.3 is 11.6 Å². The smallest absolute Gasteiger partial charge is 0.336 e. The van der Waals surface area contributed by atoms with E-state index in [1.807, 2.05) is 13.8 Å². The number of benzene rings is 1. The number of aryl methyl sites for hydroxylation is 1. The number of anilines is 1. The highest BCUT2D eigenvalue weighted by molar-refractivity contribution is 6.00. The summed E-state index contributed by atoms with van der Waals surface area (Å²) in [5, 5.41) is 28.4. The number of nitrogens with two attached hydrogens (primary N) is 1. The Morgan fingerprint density at radius 1 is 0.773 bits per heavy atom. The molecule has 0 unspecified atom stereocenters. The molecule has 10 N–H and O–H groups in total. The van der Waals surface area contributed by atoms with Gasteiger partial charge in [-0.05, 0) is 108 Å². The molecular weight excluding hydrogens is 859 g/mol. The summed E-state index contributed by atoms with van der Waals surface area (Å²) in [5.74, 6) is -5.96. The van der Waals surface area contributed by atoms with E-state index in [0.717, 1.165) is 0 Å². The molecule has 2 heterocycles. The molecule has 66 heavy (non-hydrogen) atoms. The second kappa shape index (κ2) is 26.5. The molecule has 21 nitrogen and oxygen atoms in total. The monoisotopic (exact) mass is 925 g/mol. The van der Waals surface area contributed by atoms with Gasteiger partial charge in [0.2, 0.25) is 47.3 Å². The Bertz CT molecular complexity index is 2130. The zero-order valence-electron chi connectivity index (χ0n) is 38.7. The molecule has 1 aliphatic heterocycles. The summed E-state index contributed by atoms with van der Waals surface area (Å²) in [6.45, 7) is 10.2. The minimum Gasteiger partial charge on any atom is -0.481 e. The summed E-state index contributed by atoms with van der Waals surface area (Å²) in [4.78, 5) is 130. The van der Waals surface area contributed by atoms with Gasteiger partial charge in [-0.2, -0.15) is 0 Å². The van der Waals surface area contributed by atoms with Gasteiger partial charge in [-0.3, -0.25) is 43.2 Å². The molecule has 1 aromatic heterocycles. The number of carbonyl (C=O) groups excluding carboxylic acids is 8. The van der Waals surface area contributed by atoms with E-state index in [-0.39, 0.29) is 56.1 Å². The van der Waals surface area contributed by atoms with Crippen LogP contribution in [-0.4, -0.2) is 119 Å². The number of nitrogens with one attached hydrogen (secondary N) is 7. The standard InChI is InChI=1S/C45H67N9O12/c1-25(2)22-35(53-40(60)27(4)48-41(61)34(49-29(6)56)17-18-38(57)58)45(65)54-21-11-14-36(54)44(64)52-33(12-7-9-19-46)43(63)51-32(13-8-10-20-47-28(5)55)42(62)50-30-15-16-31-26(3)23-39(59)66-37(31)24-30/h15-16,23-25,27,32-36H,7-14,17-22,46H2,1-6H3,(H,47,55)(H,48,61)(H,49,56)(H,50,62)(H,51,63)(H,52,64)(H,53,60)(H,57,58)/t27-,32-,33-,34-,35-,36-/m0/s1. The predicted octanol–water partition coefficient (Wildman–Crippen LogP) is 0.841. The average molecular weight is 926 g/mol. The lowest BCUT2D eigenvalue weighted by molar-refractivity contribution is -0.143. The van der Waals surface area contributed by atoms with Crippen LogP contribution in [0.25, 0.3) is 11.0 Å². The highest BCUT2D eigenvalue weighted by Crippen LogP contribution is 2.23. The van der Waals surface area contributed by atoms with E-state index in [9.17, 15) is 47.9 Å². The number of aliphatic carboxylic acids is 1. The largest absolute Gasteiger partial charge is 0.481 e. The van der Waals surface area contributed by atoms with Crippen molar-refractivity contribution in [2.45, 2.75) is 148 Å². The normalized spacial score (nSPS) is 15.7. The fourth-order valence-corrected chi connectivity index (χ4v) is 7.59. The van der Waals surface area contributed by atoms with E-state index in [1.54, 1.807) is 19.1 Å². The van der Waals surface area contributed by atoms with Gasteiger partial charge in [0.1, 0.15) is 41.8 Å². The van der Waals surface area contributed by atoms with Crippen molar-refractivity contribution >= 4 is 69.9 Å². The van der Waals surface area contributed by atoms with Gasteiger partial charge in [0.15, 0.2) is 0 Å². The van der Waals surface area contributed by atoms with Crippen molar-refractivity contribution in [3.63, 3.8) is 0 Å². The third kappa shape index (κ3) is 17.5. The van der Waals surface area contributed by atoms with E-state index < -0.39 is 95.6 Å². The van der Waals surface area contributed by atoms with Crippen molar-refractivity contribution in [1.82, 2.24) is 36.8 Å². The number of fused-ring (bicyclic) bond motifs is 1. The van der Waals surface area contributed by atoms with Crippen LogP contribution >= 0.6 is 0 Å². The lowest BCUT2D eigenvalue weighted by Gasteiger charge is -2.31. The second-order valence-corrected chi connectivity index (χ2v) is 17.1. The Hall–Kier alpha value is -6.38. The maximum atomic E-state index is 14.2. The van der Waals surface area contributed by atoms with Crippen LogP contribution in [0.5, 0.6) is 0 Å². The zero-order valence-corrected chi connectivity index (χ0v) is 38.7. The van der Waals surface area contributed by atoms with Crippen LogP contribution in [0.1, 0.15) is 111 Å². The summed E-state index contributed by atoms with van der Waals surface area (Å²) >= 11 is 0. The van der Waals surface area contributed by atoms with Crippen molar-refractivity contribution < 1.29 is 52.7 Å². The Balaban J connectivity index is 1.79. The fourth-order valence-electron chi connectivity index (χ4n) is 7.59. The number of unbranched alkanes of at least 4 members (excludes halogenated alkanes) is 2. The molecule has 0 aliphatic carbocycles. The summed E-state index contributed by atoms with van der Waals surface area (Å²) in [6.07, 6.45) is 2.48. The van der Waals surface area contributed by atoms with Crippen molar-refractivity contribution in [3.05, 3.63) is 40.2 Å². The summed E-state index contributed by atoms with van der Waals surface area (Å²) in [7, 11) is 0. The molecule has 364 valence electrons. The topological polar surface area (TPSA) is 318 Å². The Kier molecular flexibility index (Phi) is 21.7. The number of amides is 8. The molecule has 6 atom stereocenters. The van der Waals surface area contributed by atoms with E-state index in [0.29, 0.717) is 61.8 Å². The van der Waals surface area contributed by atoms with Crippen LogP contribution in [0.2, 0.25) is 0 Å². The number of rotatable bonds is 26. The average Bonchev–Trinajstić information content (AvgIpc) is 3.73. The van der Waals surface area contributed by atoms with Crippen LogP contribution in [-0.2, 0) is 43.2 Å². The number of carboxylic acids is 1. The minimum atomic E-state index is -1.22. The fraction of sp³-hybridized carbons (Fsp3) is 0.600. The van der Waals surface area contributed by atoms with Crippen molar-refractivity contribution in [1.29, 1.82) is 0 Å². The third-order valence-corrected chi connectivity index (χ3v) is 11.0. The Morgan fingerprint density at radius 2 is 1.41 bits per heavy atom. The lowest BCUT2D eigenvalue weighted by atomic mass is 10.0. The molecular formula is C45H67N9O12. The van der Waals surface area contributed by atoms with Crippen molar-refractivity contribution in [2.75, 3.05) is 25.0 Å². The first kappa shape index (κ1) is 54.0. The highest BCUT2D eigenvalue weighted by Gasteiger charge is 2.40. The summed E-state index contributed by atoms with van der Waals surface area (Å²) in [6, 6.07) is -0.568. The van der Waals surface area contributed by atoms with Crippen molar-refractivity contribution in [2.24, 2.45) is 11.7 Å². The number of likely N-dealkylation sites (tertiary alicyclic amines) is 1.